The summed E-state index contributed by atoms with van der Waals surface area (Å²) < 4.78 is 0. The highest BCUT2D eigenvalue weighted by molar-refractivity contribution is 5.98. The highest BCUT2D eigenvalue weighted by atomic mass is 16.2. The highest BCUT2D eigenvalue weighted by Crippen LogP contribution is 2.24. The van der Waals surface area contributed by atoms with E-state index >= 15 is 0 Å². The van der Waals surface area contributed by atoms with Gasteiger partial charge in [-0.3, -0.25) is 14.6 Å². The van der Waals surface area contributed by atoms with Crippen LogP contribution in [0.4, 0.5) is 0 Å². The average Bonchev–Trinajstić information content (AvgIpc) is 2.96. The number of nitrogens with one attached hydrogen (secondary N) is 1. The lowest BCUT2D eigenvalue weighted by molar-refractivity contribution is -0.119. The van der Waals surface area contributed by atoms with Gasteiger partial charge < -0.3 is 10.2 Å². The number of nitrogens with zero attached hydrogens (tertiary/aromatic N) is 2. The van der Waals surface area contributed by atoms with Crippen LogP contribution in [-0.2, 0) is 4.79 Å². The second kappa shape index (κ2) is 6.99. The smallest absolute Gasteiger partial charge is 0.253 e. The van der Waals surface area contributed by atoms with E-state index in [-0.39, 0.29) is 17.9 Å². The maximum Gasteiger partial charge on any atom is 0.253 e. The maximum atomic E-state index is 12.9. The predicted molar refractivity (Wildman–Crippen MR) is 93.6 cm³/mol. The third-order valence-corrected chi connectivity index (χ3v) is 4.63. The number of aromatic nitrogens is 1. The van der Waals surface area contributed by atoms with Crippen molar-refractivity contribution in [2.75, 3.05) is 13.1 Å². The molecule has 2 aromatic rings. The first-order valence-electron chi connectivity index (χ1n) is 8.49. The number of fused-ring (bicyclic) bond motifs is 1. The van der Waals surface area contributed by atoms with Crippen molar-refractivity contribution >= 4 is 22.7 Å². The summed E-state index contributed by atoms with van der Waals surface area (Å²) in [5.74, 6) is 0.312. The third kappa shape index (κ3) is 3.40. The molecule has 5 heteroatoms. The van der Waals surface area contributed by atoms with E-state index in [4.69, 9.17) is 0 Å². The topological polar surface area (TPSA) is 62.3 Å². The van der Waals surface area contributed by atoms with Crippen molar-refractivity contribution in [3.05, 3.63) is 42.1 Å². The molecule has 1 aliphatic rings. The molecular weight excluding hydrogens is 302 g/mol. The molecule has 0 spiro atoms. The van der Waals surface area contributed by atoms with Crippen molar-refractivity contribution in [3.63, 3.8) is 0 Å². The van der Waals surface area contributed by atoms with Crippen LogP contribution in [0.2, 0.25) is 0 Å². The van der Waals surface area contributed by atoms with Crippen LogP contribution < -0.4 is 5.32 Å². The molecule has 1 saturated heterocycles. The van der Waals surface area contributed by atoms with Crippen molar-refractivity contribution in [2.45, 2.75) is 32.7 Å². The fraction of sp³-hybridized carbons (Fsp3) is 0.421. The summed E-state index contributed by atoms with van der Waals surface area (Å²) in [6.45, 7) is 4.94. The summed E-state index contributed by atoms with van der Waals surface area (Å²) in [5.41, 5.74) is 1.56. The zero-order valence-corrected chi connectivity index (χ0v) is 14.2. The van der Waals surface area contributed by atoms with E-state index in [9.17, 15) is 9.59 Å². The van der Waals surface area contributed by atoms with E-state index in [1.165, 1.54) is 6.92 Å². The minimum absolute atomic E-state index is 0.0229. The van der Waals surface area contributed by atoms with E-state index in [2.05, 4.69) is 17.2 Å². The van der Waals surface area contributed by atoms with Gasteiger partial charge in [0.2, 0.25) is 5.91 Å². The van der Waals surface area contributed by atoms with Crippen molar-refractivity contribution in [1.82, 2.24) is 15.2 Å². The zero-order chi connectivity index (χ0) is 17.1. The van der Waals surface area contributed by atoms with Crippen molar-refractivity contribution < 1.29 is 9.59 Å². The monoisotopic (exact) mass is 325 g/mol. The van der Waals surface area contributed by atoms with E-state index in [0.717, 1.165) is 23.7 Å². The summed E-state index contributed by atoms with van der Waals surface area (Å²) in [5, 5.41) is 3.96. The Kier molecular flexibility index (Phi) is 4.79. The van der Waals surface area contributed by atoms with E-state index in [0.29, 0.717) is 24.6 Å². The summed E-state index contributed by atoms with van der Waals surface area (Å²) in [7, 11) is 0. The molecule has 24 heavy (non-hydrogen) atoms. The Morgan fingerprint density at radius 2 is 2.12 bits per heavy atom. The van der Waals surface area contributed by atoms with Crippen molar-refractivity contribution in [1.29, 1.82) is 0 Å². The van der Waals surface area contributed by atoms with Gasteiger partial charge in [0.25, 0.3) is 5.91 Å². The molecule has 0 bridgehead atoms. The molecule has 126 valence electrons. The van der Waals surface area contributed by atoms with Gasteiger partial charge in [-0.05, 0) is 36.6 Å². The molecule has 2 atom stereocenters. The van der Waals surface area contributed by atoms with Crippen molar-refractivity contribution in [3.8, 4) is 0 Å². The zero-order valence-electron chi connectivity index (χ0n) is 14.2. The summed E-state index contributed by atoms with van der Waals surface area (Å²) in [6, 6.07) is 9.49. The van der Waals surface area contributed by atoms with E-state index in [1.54, 1.807) is 6.20 Å². The molecule has 3 rings (SSSR count). The molecule has 5 nitrogen and oxygen atoms in total. The molecule has 0 radical (unpaired) electrons. The SMILES string of the molecule is CCC[C@@H]1CN(C(=O)c2ccc3ncccc3c2)C[C@H]1NC(C)=O. The molecule has 1 aliphatic heterocycles. The first-order chi connectivity index (χ1) is 11.6. The predicted octanol–water partition coefficient (Wildman–Crippen LogP) is 2.61. The highest BCUT2D eigenvalue weighted by Gasteiger charge is 2.35. The van der Waals surface area contributed by atoms with Crippen LogP contribution >= 0.6 is 0 Å². The Morgan fingerprint density at radius 1 is 1.29 bits per heavy atom. The molecule has 0 unspecified atom stereocenters. The minimum Gasteiger partial charge on any atom is -0.351 e. The largest absolute Gasteiger partial charge is 0.351 e. The summed E-state index contributed by atoms with van der Waals surface area (Å²) in [6.07, 6.45) is 3.80. The second-order valence-electron chi connectivity index (χ2n) is 6.48. The molecule has 0 saturated carbocycles. The maximum absolute atomic E-state index is 12.9. The fourth-order valence-corrected chi connectivity index (χ4v) is 3.52. The van der Waals surface area contributed by atoms with Crippen LogP contribution in [0, 0.1) is 5.92 Å². The van der Waals surface area contributed by atoms with Gasteiger partial charge in [0.15, 0.2) is 0 Å². The number of rotatable bonds is 4. The standard InChI is InChI=1S/C19H23N3O2/c1-3-5-16-11-22(12-18(16)21-13(2)23)19(24)15-7-8-17-14(10-15)6-4-9-20-17/h4,6-10,16,18H,3,5,11-12H2,1-2H3,(H,21,23)/t16-,18-/m1/s1. The Hall–Kier alpha value is -2.43. The lowest BCUT2D eigenvalue weighted by Gasteiger charge is -2.17. The lowest BCUT2D eigenvalue weighted by Crippen LogP contribution is -2.39. The van der Waals surface area contributed by atoms with Crippen LogP contribution in [0.15, 0.2) is 36.5 Å². The van der Waals surface area contributed by atoms with Gasteiger partial charge in [-0.25, -0.2) is 0 Å². The lowest BCUT2D eigenvalue weighted by atomic mass is 9.98. The van der Waals surface area contributed by atoms with Crippen LogP contribution in [0.5, 0.6) is 0 Å². The van der Waals surface area contributed by atoms with E-state index in [1.807, 2.05) is 35.2 Å². The second-order valence-corrected chi connectivity index (χ2v) is 6.48. The third-order valence-electron chi connectivity index (χ3n) is 4.63. The summed E-state index contributed by atoms with van der Waals surface area (Å²) >= 11 is 0. The van der Waals surface area contributed by atoms with Crippen LogP contribution in [0.25, 0.3) is 10.9 Å². The van der Waals surface area contributed by atoms with E-state index < -0.39 is 0 Å². The summed E-state index contributed by atoms with van der Waals surface area (Å²) in [4.78, 5) is 30.4. The molecular formula is C19H23N3O2. The number of pyridine rings is 1. The minimum atomic E-state index is -0.0350. The molecule has 2 amide bonds. The number of amides is 2. The first-order valence-corrected chi connectivity index (χ1v) is 8.49. The number of hydrogen-bond donors (Lipinski definition) is 1. The van der Waals surface area contributed by atoms with Gasteiger partial charge in [-0.2, -0.15) is 0 Å². The number of carbonyl (C=O) groups is 2. The van der Waals surface area contributed by atoms with Crippen LogP contribution in [-0.4, -0.2) is 40.8 Å². The van der Waals surface area contributed by atoms with Crippen molar-refractivity contribution in [2.24, 2.45) is 5.92 Å². The average molecular weight is 325 g/mol. The van der Waals surface area contributed by atoms with Gasteiger partial charge in [0.1, 0.15) is 0 Å². The first kappa shape index (κ1) is 16.4. The normalized spacial score (nSPS) is 20.3. The molecule has 0 aliphatic carbocycles. The molecule has 1 aromatic carbocycles. The Labute approximate surface area is 142 Å². The Bertz CT molecular complexity index is 759. The molecule has 1 N–H and O–H groups in total. The van der Waals surface area contributed by atoms with Gasteiger partial charge in [-0.15, -0.1) is 0 Å². The number of likely N-dealkylation sites (tertiary alicyclic amines) is 1. The molecule has 1 aromatic heterocycles. The fourth-order valence-electron chi connectivity index (χ4n) is 3.52. The Balaban J connectivity index is 1.79. The number of benzene rings is 1. The molecule has 1 fully saturated rings. The number of carbonyl (C=O) groups excluding carboxylic acids is 2. The molecule has 2 heterocycles. The quantitative estimate of drug-likeness (QED) is 0.940. The Morgan fingerprint density at radius 3 is 2.88 bits per heavy atom. The van der Waals surface area contributed by atoms with Crippen LogP contribution in [0.3, 0.4) is 0 Å². The van der Waals surface area contributed by atoms with Gasteiger partial charge in [0.05, 0.1) is 11.6 Å². The van der Waals surface area contributed by atoms with Gasteiger partial charge in [0, 0.05) is 37.2 Å². The van der Waals surface area contributed by atoms with Gasteiger partial charge in [-0.1, -0.05) is 19.4 Å². The number of hydrogen-bond acceptors (Lipinski definition) is 3. The van der Waals surface area contributed by atoms with Gasteiger partial charge >= 0.3 is 0 Å². The van der Waals surface area contributed by atoms with Crippen LogP contribution in [0.1, 0.15) is 37.0 Å².